The normalized spacial score (nSPS) is 16.7. The molecule has 1 fully saturated rings. The van der Waals surface area contributed by atoms with Crippen LogP contribution < -0.4 is 15.5 Å². The van der Waals surface area contributed by atoms with Gasteiger partial charge in [-0.1, -0.05) is 15.9 Å². The fourth-order valence-corrected chi connectivity index (χ4v) is 2.62. The molecule has 1 aliphatic rings. The molecule has 3 N–H and O–H groups in total. The lowest BCUT2D eigenvalue weighted by atomic mass is 10.2. The predicted octanol–water partition coefficient (Wildman–Crippen LogP) is 0.878. The molecule has 0 aliphatic heterocycles. The Morgan fingerprint density at radius 1 is 1.41 bits per heavy atom. The van der Waals surface area contributed by atoms with E-state index in [-0.39, 0.29) is 24.4 Å². The summed E-state index contributed by atoms with van der Waals surface area (Å²) in [4.78, 5) is 25.0. The van der Waals surface area contributed by atoms with Gasteiger partial charge in [-0.05, 0) is 50.5 Å². The molecule has 1 aromatic rings. The topological polar surface area (TPSA) is 62.6 Å². The highest BCUT2D eigenvalue weighted by Crippen LogP contribution is 2.20. The highest BCUT2D eigenvalue weighted by Gasteiger charge is 2.29. The summed E-state index contributed by atoms with van der Waals surface area (Å²) in [7, 11) is 1.87. The van der Waals surface area contributed by atoms with Gasteiger partial charge in [0.1, 0.15) is 0 Å². The zero-order valence-electron chi connectivity index (χ0n) is 13.2. The van der Waals surface area contributed by atoms with Crippen molar-refractivity contribution in [1.82, 2.24) is 5.32 Å². The van der Waals surface area contributed by atoms with E-state index in [4.69, 9.17) is 0 Å². The third-order valence-electron chi connectivity index (χ3n) is 3.96. The lowest BCUT2D eigenvalue weighted by Crippen LogP contribution is -3.15. The van der Waals surface area contributed by atoms with Gasteiger partial charge in [0.15, 0.2) is 12.6 Å². The van der Waals surface area contributed by atoms with Gasteiger partial charge in [-0.3, -0.25) is 9.59 Å². The summed E-state index contributed by atoms with van der Waals surface area (Å²) in [6.45, 7) is 4.06. The second-order valence-corrected chi connectivity index (χ2v) is 6.95. The van der Waals surface area contributed by atoms with Gasteiger partial charge in [0.25, 0.3) is 11.8 Å². The number of carbonyl (C=O) groups excluding carboxylic acids is 2. The number of quaternary nitrogens is 1. The third kappa shape index (κ3) is 4.81. The fourth-order valence-electron chi connectivity index (χ4n) is 2.15. The zero-order chi connectivity index (χ0) is 16.3. The highest BCUT2D eigenvalue weighted by molar-refractivity contribution is 9.10. The molecular weight excluding hydrogens is 346 g/mol. The Bertz CT molecular complexity index is 573. The summed E-state index contributed by atoms with van der Waals surface area (Å²) in [6, 6.07) is 5.83. The SMILES string of the molecule is Cc1cc(Br)ccc1NC(=O)C[NH+](C)[C@H](C)C(=O)NC1CC1. The summed E-state index contributed by atoms with van der Waals surface area (Å²) >= 11 is 3.40. The maximum absolute atomic E-state index is 12.1. The van der Waals surface area contributed by atoms with Gasteiger partial charge in [-0.15, -0.1) is 0 Å². The first-order chi connectivity index (χ1) is 10.4. The minimum Gasteiger partial charge on any atom is -0.348 e. The standard InChI is InChI=1S/C16H22BrN3O2/c1-10-8-12(17)4-7-14(10)19-15(21)9-20(3)11(2)16(22)18-13-5-6-13/h4,7-8,11,13H,5-6,9H2,1-3H3,(H,18,22)(H,19,21)/p+1/t11-/m1/s1. The first kappa shape index (κ1) is 17.0. The average Bonchev–Trinajstić information content (AvgIpc) is 3.24. The monoisotopic (exact) mass is 368 g/mol. The predicted molar refractivity (Wildman–Crippen MR) is 89.9 cm³/mol. The number of hydrogen-bond acceptors (Lipinski definition) is 2. The number of benzene rings is 1. The number of likely N-dealkylation sites (N-methyl/N-ethyl adjacent to an activating group) is 1. The van der Waals surface area contributed by atoms with E-state index in [1.807, 2.05) is 39.1 Å². The second kappa shape index (κ2) is 7.24. The highest BCUT2D eigenvalue weighted by atomic mass is 79.9. The van der Waals surface area contributed by atoms with Gasteiger partial charge < -0.3 is 15.5 Å². The molecule has 0 spiro atoms. The Balaban J connectivity index is 1.85. The molecule has 2 rings (SSSR count). The summed E-state index contributed by atoms with van der Waals surface area (Å²) in [5.74, 6) is -0.0679. The van der Waals surface area contributed by atoms with Crippen LogP contribution in [0, 0.1) is 6.92 Å². The Morgan fingerprint density at radius 3 is 2.68 bits per heavy atom. The second-order valence-electron chi connectivity index (χ2n) is 6.04. The van der Waals surface area contributed by atoms with E-state index < -0.39 is 0 Å². The fraction of sp³-hybridized carbons (Fsp3) is 0.500. The molecule has 22 heavy (non-hydrogen) atoms. The molecule has 120 valence electrons. The van der Waals surface area contributed by atoms with E-state index in [0.717, 1.165) is 33.5 Å². The molecular formula is C16H23BrN3O2+. The van der Waals surface area contributed by atoms with Crippen LogP contribution in [0.4, 0.5) is 5.69 Å². The molecule has 1 aliphatic carbocycles. The first-order valence-electron chi connectivity index (χ1n) is 7.55. The lowest BCUT2D eigenvalue weighted by Gasteiger charge is -2.20. The maximum Gasteiger partial charge on any atom is 0.279 e. The molecule has 0 radical (unpaired) electrons. The molecule has 1 saturated carbocycles. The number of carbonyl (C=O) groups is 2. The van der Waals surface area contributed by atoms with Crippen molar-refractivity contribution in [3.8, 4) is 0 Å². The summed E-state index contributed by atoms with van der Waals surface area (Å²) in [5, 5.41) is 5.88. The molecule has 6 heteroatoms. The molecule has 0 saturated heterocycles. The average molecular weight is 369 g/mol. The number of hydrogen-bond donors (Lipinski definition) is 3. The van der Waals surface area contributed by atoms with Gasteiger partial charge in [0, 0.05) is 16.2 Å². The van der Waals surface area contributed by atoms with Gasteiger partial charge in [0.2, 0.25) is 0 Å². The van der Waals surface area contributed by atoms with Crippen molar-refractivity contribution >= 4 is 33.4 Å². The zero-order valence-corrected chi connectivity index (χ0v) is 14.8. The molecule has 2 amide bonds. The Kier molecular flexibility index (Phi) is 5.58. The van der Waals surface area contributed by atoms with Crippen LogP contribution in [-0.4, -0.2) is 37.5 Å². The van der Waals surface area contributed by atoms with Crippen LogP contribution in [0.2, 0.25) is 0 Å². The number of rotatable bonds is 6. The van der Waals surface area contributed by atoms with Gasteiger partial charge in [-0.2, -0.15) is 0 Å². The molecule has 1 unspecified atom stereocenters. The number of anilines is 1. The van der Waals surface area contributed by atoms with E-state index in [1.54, 1.807) is 0 Å². The summed E-state index contributed by atoms with van der Waals surface area (Å²) in [5.41, 5.74) is 1.80. The van der Waals surface area contributed by atoms with Gasteiger partial charge in [-0.25, -0.2) is 0 Å². The third-order valence-corrected chi connectivity index (χ3v) is 4.45. The quantitative estimate of drug-likeness (QED) is 0.697. The van der Waals surface area contributed by atoms with Crippen molar-refractivity contribution in [2.45, 2.75) is 38.8 Å². The van der Waals surface area contributed by atoms with Crippen LogP contribution in [0.3, 0.4) is 0 Å². The number of nitrogens with one attached hydrogen (secondary N) is 3. The minimum absolute atomic E-state index is 0.0209. The van der Waals surface area contributed by atoms with Crippen molar-refractivity contribution in [2.75, 3.05) is 18.9 Å². The maximum atomic E-state index is 12.1. The van der Waals surface area contributed by atoms with Crippen LogP contribution in [0.25, 0.3) is 0 Å². The van der Waals surface area contributed by atoms with E-state index in [1.165, 1.54) is 0 Å². The molecule has 0 heterocycles. The van der Waals surface area contributed by atoms with E-state index in [2.05, 4.69) is 26.6 Å². The largest absolute Gasteiger partial charge is 0.348 e. The molecule has 1 aromatic carbocycles. The Labute approximate surface area is 139 Å². The molecule has 5 nitrogen and oxygen atoms in total. The first-order valence-corrected chi connectivity index (χ1v) is 8.35. The Hall–Kier alpha value is -1.40. The van der Waals surface area contributed by atoms with Gasteiger partial charge >= 0.3 is 0 Å². The minimum atomic E-state index is -0.239. The number of amides is 2. The van der Waals surface area contributed by atoms with Crippen molar-refractivity contribution < 1.29 is 14.5 Å². The summed E-state index contributed by atoms with van der Waals surface area (Å²) < 4.78 is 0.983. The van der Waals surface area contributed by atoms with Crippen molar-refractivity contribution in [3.05, 3.63) is 28.2 Å². The lowest BCUT2D eigenvalue weighted by molar-refractivity contribution is -0.885. The van der Waals surface area contributed by atoms with Crippen molar-refractivity contribution in [2.24, 2.45) is 0 Å². The number of halogens is 1. The van der Waals surface area contributed by atoms with E-state index in [9.17, 15) is 9.59 Å². The number of aryl methyl sites for hydroxylation is 1. The smallest absolute Gasteiger partial charge is 0.279 e. The Morgan fingerprint density at radius 2 is 2.09 bits per heavy atom. The van der Waals surface area contributed by atoms with E-state index >= 15 is 0 Å². The van der Waals surface area contributed by atoms with Crippen molar-refractivity contribution in [1.29, 1.82) is 0 Å². The van der Waals surface area contributed by atoms with Crippen LogP contribution in [0.5, 0.6) is 0 Å². The van der Waals surface area contributed by atoms with Crippen LogP contribution in [-0.2, 0) is 9.59 Å². The van der Waals surface area contributed by atoms with Crippen LogP contribution >= 0.6 is 15.9 Å². The molecule has 0 bridgehead atoms. The summed E-state index contributed by atoms with van der Waals surface area (Å²) in [6.07, 6.45) is 2.14. The van der Waals surface area contributed by atoms with Gasteiger partial charge in [0.05, 0.1) is 7.05 Å². The molecule has 2 atom stereocenters. The molecule has 0 aromatic heterocycles. The van der Waals surface area contributed by atoms with Crippen molar-refractivity contribution in [3.63, 3.8) is 0 Å². The van der Waals surface area contributed by atoms with E-state index in [0.29, 0.717) is 6.04 Å². The van der Waals surface area contributed by atoms with Crippen LogP contribution in [0.1, 0.15) is 25.3 Å². The van der Waals surface area contributed by atoms with Crippen LogP contribution in [0.15, 0.2) is 22.7 Å².